The SMILES string of the molecule is CC1CCN(CC(C)(CNC(C)C)c2ccccc2)C1. The molecule has 1 aromatic carbocycles. The van der Waals surface area contributed by atoms with Gasteiger partial charge in [-0.25, -0.2) is 0 Å². The Balaban J connectivity index is 2.11. The van der Waals surface area contributed by atoms with E-state index in [1.807, 2.05) is 0 Å². The summed E-state index contributed by atoms with van der Waals surface area (Å²) in [6, 6.07) is 11.5. The van der Waals surface area contributed by atoms with Crippen molar-refractivity contribution >= 4 is 0 Å². The number of nitrogens with one attached hydrogen (secondary N) is 1. The van der Waals surface area contributed by atoms with Gasteiger partial charge >= 0.3 is 0 Å². The molecule has 0 spiro atoms. The summed E-state index contributed by atoms with van der Waals surface area (Å²) in [4.78, 5) is 2.64. The molecule has 2 heteroatoms. The average Bonchev–Trinajstić information content (AvgIpc) is 2.83. The highest BCUT2D eigenvalue weighted by molar-refractivity contribution is 5.26. The van der Waals surface area contributed by atoms with E-state index in [-0.39, 0.29) is 5.41 Å². The molecule has 2 unspecified atom stereocenters. The van der Waals surface area contributed by atoms with Crippen LogP contribution in [0.2, 0.25) is 0 Å². The smallest absolute Gasteiger partial charge is 0.0177 e. The minimum atomic E-state index is 0.190. The van der Waals surface area contributed by atoms with E-state index >= 15 is 0 Å². The molecule has 1 saturated heterocycles. The van der Waals surface area contributed by atoms with Crippen molar-refractivity contribution in [3.8, 4) is 0 Å². The molecule has 0 saturated carbocycles. The average molecular weight is 274 g/mol. The van der Waals surface area contributed by atoms with Gasteiger partial charge in [0, 0.05) is 31.1 Å². The van der Waals surface area contributed by atoms with Gasteiger partial charge in [-0.2, -0.15) is 0 Å². The number of hydrogen-bond donors (Lipinski definition) is 1. The first-order valence-electron chi connectivity index (χ1n) is 8.01. The maximum absolute atomic E-state index is 3.64. The number of benzene rings is 1. The Kier molecular flexibility index (Phi) is 5.22. The van der Waals surface area contributed by atoms with Gasteiger partial charge in [0.25, 0.3) is 0 Å². The Morgan fingerprint density at radius 2 is 2.00 bits per heavy atom. The molecule has 0 amide bonds. The maximum atomic E-state index is 3.64. The summed E-state index contributed by atoms with van der Waals surface area (Å²) in [5.74, 6) is 0.855. The molecule has 1 heterocycles. The summed E-state index contributed by atoms with van der Waals surface area (Å²) in [6.45, 7) is 13.9. The molecule has 1 aliphatic heterocycles. The molecule has 1 fully saturated rings. The largest absolute Gasteiger partial charge is 0.314 e. The Morgan fingerprint density at radius 1 is 1.30 bits per heavy atom. The van der Waals surface area contributed by atoms with E-state index in [0.29, 0.717) is 6.04 Å². The van der Waals surface area contributed by atoms with Crippen LogP contribution in [0.25, 0.3) is 0 Å². The third kappa shape index (κ3) is 4.07. The standard InChI is InChI=1S/C18H30N2/c1-15(2)19-13-18(4,17-8-6-5-7-9-17)14-20-11-10-16(3)12-20/h5-9,15-16,19H,10-14H2,1-4H3. The van der Waals surface area contributed by atoms with E-state index in [1.54, 1.807) is 0 Å². The zero-order valence-corrected chi connectivity index (χ0v) is 13.5. The molecule has 2 nitrogen and oxygen atoms in total. The Labute approximate surface area is 124 Å². The van der Waals surface area contributed by atoms with Crippen molar-refractivity contribution in [2.75, 3.05) is 26.2 Å². The molecule has 2 rings (SSSR count). The highest BCUT2D eigenvalue weighted by Crippen LogP contribution is 2.27. The van der Waals surface area contributed by atoms with Crippen molar-refractivity contribution in [3.63, 3.8) is 0 Å². The first-order valence-corrected chi connectivity index (χ1v) is 8.01. The van der Waals surface area contributed by atoms with Crippen LogP contribution in [0.1, 0.15) is 39.7 Å². The van der Waals surface area contributed by atoms with Crippen LogP contribution >= 0.6 is 0 Å². The summed E-state index contributed by atoms with van der Waals surface area (Å²) in [5, 5.41) is 3.64. The second kappa shape index (κ2) is 6.73. The molecule has 1 aromatic rings. The van der Waals surface area contributed by atoms with Crippen molar-refractivity contribution in [1.82, 2.24) is 10.2 Å². The molecule has 0 bridgehead atoms. The lowest BCUT2D eigenvalue weighted by molar-refractivity contribution is 0.241. The minimum Gasteiger partial charge on any atom is -0.314 e. The lowest BCUT2D eigenvalue weighted by atomic mass is 9.81. The van der Waals surface area contributed by atoms with E-state index in [9.17, 15) is 0 Å². The van der Waals surface area contributed by atoms with Crippen LogP contribution in [-0.4, -0.2) is 37.1 Å². The predicted octanol–water partition coefficient (Wildman–Crippen LogP) is 3.28. The molecular weight excluding hydrogens is 244 g/mol. The number of likely N-dealkylation sites (tertiary alicyclic amines) is 1. The van der Waals surface area contributed by atoms with Gasteiger partial charge in [0.05, 0.1) is 0 Å². The van der Waals surface area contributed by atoms with Gasteiger partial charge in [-0.05, 0) is 24.4 Å². The van der Waals surface area contributed by atoms with Crippen molar-refractivity contribution in [2.24, 2.45) is 5.92 Å². The quantitative estimate of drug-likeness (QED) is 0.856. The molecule has 1 N–H and O–H groups in total. The van der Waals surface area contributed by atoms with Crippen molar-refractivity contribution in [3.05, 3.63) is 35.9 Å². The van der Waals surface area contributed by atoms with Gasteiger partial charge in [-0.15, -0.1) is 0 Å². The van der Waals surface area contributed by atoms with E-state index in [4.69, 9.17) is 0 Å². The topological polar surface area (TPSA) is 15.3 Å². The van der Waals surface area contributed by atoms with E-state index in [2.05, 4.69) is 68.2 Å². The highest BCUT2D eigenvalue weighted by atomic mass is 15.2. The number of nitrogens with zero attached hydrogens (tertiary/aromatic N) is 1. The van der Waals surface area contributed by atoms with Crippen LogP contribution in [-0.2, 0) is 5.41 Å². The fraction of sp³-hybridized carbons (Fsp3) is 0.667. The van der Waals surface area contributed by atoms with E-state index in [1.165, 1.54) is 25.1 Å². The zero-order valence-electron chi connectivity index (χ0n) is 13.5. The van der Waals surface area contributed by atoms with Crippen LogP contribution in [0.3, 0.4) is 0 Å². The molecule has 1 aliphatic rings. The Bertz CT molecular complexity index is 401. The van der Waals surface area contributed by atoms with Gasteiger partial charge in [-0.1, -0.05) is 58.0 Å². The summed E-state index contributed by atoms with van der Waals surface area (Å²) in [5.41, 5.74) is 1.64. The van der Waals surface area contributed by atoms with Crippen molar-refractivity contribution < 1.29 is 0 Å². The third-order valence-electron chi connectivity index (χ3n) is 4.45. The zero-order chi connectivity index (χ0) is 14.6. The Hall–Kier alpha value is -0.860. The van der Waals surface area contributed by atoms with Crippen LogP contribution in [0.5, 0.6) is 0 Å². The van der Waals surface area contributed by atoms with Crippen molar-refractivity contribution in [2.45, 2.75) is 45.6 Å². The van der Waals surface area contributed by atoms with Crippen molar-refractivity contribution in [1.29, 1.82) is 0 Å². The van der Waals surface area contributed by atoms with Crippen LogP contribution in [0.4, 0.5) is 0 Å². The van der Waals surface area contributed by atoms with Crippen LogP contribution in [0, 0.1) is 5.92 Å². The normalized spacial score (nSPS) is 23.1. The lowest BCUT2D eigenvalue weighted by Crippen LogP contribution is -2.46. The Morgan fingerprint density at radius 3 is 2.55 bits per heavy atom. The number of rotatable bonds is 6. The fourth-order valence-corrected chi connectivity index (χ4v) is 3.18. The monoisotopic (exact) mass is 274 g/mol. The molecule has 112 valence electrons. The maximum Gasteiger partial charge on any atom is 0.0177 e. The van der Waals surface area contributed by atoms with E-state index < -0.39 is 0 Å². The molecule has 0 aliphatic carbocycles. The van der Waals surface area contributed by atoms with Crippen LogP contribution < -0.4 is 5.32 Å². The second-order valence-electron chi connectivity index (χ2n) is 7.09. The van der Waals surface area contributed by atoms with Gasteiger partial charge in [0.15, 0.2) is 0 Å². The molecule has 0 radical (unpaired) electrons. The van der Waals surface area contributed by atoms with Crippen LogP contribution in [0.15, 0.2) is 30.3 Å². The van der Waals surface area contributed by atoms with Gasteiger partial charge < -0.3 is 10.2 Å². The first-order chi connectivity index (χ1) is 9.49. The summed E-state index contributed by atoms with van der Waals surface area (Å²) in [7, 11) is 0. The highest BCUT2D eigenvalue weighted by Gasteiger charge is 2.31. The molecule has 0 aromatic heterocycles. The second-order valence-corrected chi connectivity index (χ2v) is 7.09. The summed E-state index contributed by atoms with van der Waals surface area (Å²) >= 11 is 0. The predicted molar refractivity (Wildman–Crippen MR) is 87.2 cm³/mol. The molecule has 20 heavy (non-hydrogen) atoms. The third-order valence-corrected chi connectivity index (χ3v) is 4.45. The van der Waals surface area contributed by atoms with Gasteiger partial charge in [0.1, 0.15) is 0 Å². The molecule has 2 atom stereocenters. The fourth-order valence-electron chi connectivity index (χ4n) is 3.18. The number of hydrogen-bond acceptors (Lipinski definition) is 2. The van der Waals surface area contributed by atoms with E-state index in [0.717, 1.165) is 19.0 Å². The molecular formula is C18H30N2. The summed E-state index contributed by atoms with van der Waals surface area (Å²) < 4.78 is 0. The first kappa shape index (κ1) is 15.5. The minimum absolute atomic E-state index is 0.190. The summed E-state index contributed by atoms with van der Waals surface area (Å²) in [6.07, 6.45) is 1.35. The van der Waals surface area contributed by atoms with Gasteiger partial charge in [0.2, 0.25) is 0 Å². The lowest BCUT2D eigenvalue weighted by Gasteiger charge is -2.35. The van der Waals surface area contributed by atoms with Gasteiger partial charge in [-0.3, -0.25) is 0 Å².